The maximum absolute atomic E-state index is 12.9. The molecule has 8 heterocycles. The number of piperidine rings is 1. The third-order valence-electron chi connectivity index (χ3n) is 27.4. The summed E-state index contributed by atoms with van der Waals surface area (Å²) >= 11 is 0. The number of ether oxygens (including phenoxy) is 1. The number of carbonyl (C=O) groups is 5. The van der Waals surface area contributed by atoms with Gasteiger partial charge in [0.15, 0.2) is 0 Å². The highest BCUT2D eigenvalue weighted by atomic mass is 16.5. The number of benzene rings is 5. The van der Waals surface area contributed by atoms with Gasteiger partial charge in [0.05, 0.1) is 6.33 Å². The van der Waals surface area contributed by atoms with Crippen LogP contribution in [0.2, 0.25) is 0 Å². The van der Waals surface area contributed by atoms with Crippen molar-refractivity contribution in [2.24, 2.45) is 10.8 Å². The number of imidazole rings is 1. The fourth-order valence-corrected chi connectivity index (χ4v) is 18.5. The van der Waals surface area contributed by atoms with Crippen molar-refractivity contribution in [3.63, 3.8) is 0 Å². The van der Waals surface area contributed by atoms with Gasteiger partial charge in [-0.1, -0.05) is 201 Å². The van der Waals surface area contributed by atoms with E-state index in [2.05, 4.69) is 301 Å². The van der Waals surface area contributed by atoms with Gasteiger partial charge in [0.25, 0.3) is 29.5 Å². The van der Waals surface area contributed by atoms with Gasteiger partial charge in [-0.2, -0.15) is 0 Å². The number of likely N-dealkylation sites (tertiary alicyclic amines) is 1. The molecule has 2 saturated heterocycles. The molecule has 31 heteroatoms. The van der Waals surface area contributed by atoms with Gasteiger partial charge in [0, 0.05) is 159 Å². The van der Waals surface area contributed by atoms with Crippen LogP contribution in [0.3, 0.4) is 0 Å². The summed E-state index contributed by atoms with van der Waals surface area (Å²) in [5.41, 5.74) is 15.2. The highest BCUT2D eigenvalue weighted by Crippen LogP contribution is 2.30. The van der Waals surface area contributed by atoms with Crippen molar-refractivity contribution in [3.8, 4) is 5.75 Å². The fraction of sp³-hybridized carbons (Fsp3) is 0.508. The number of hydrogen-bond donors (Lipinski definition) is 10. The Kier molecular flexibility index (Phi) is 44.9. The number of nitrogens with zero attached hydrogens (tertiary/aromatic N) is 15. The maximum atomic E-state index is 12.9. The Hall–Kier alpha value is -13.4. The summed E-state index contributed by atoms with van der Waals surface area (Å²) in [5.74, 6) is 6.74. The Bertz CT molecular complexity index is 6000. The molecule has 31 nitrogen and oxygen atoms in total. The van der Waals surface area contributed by atoms with Crippen LogP contribution in [0.15, 0.2) is 165 Å². The third kappa shape index (κ3) is 39.9. The van der Waals surface area contributed by atoms with Crippen LogP contribution in [-0.2, 0) is 45.1 Å². The van der Waals surface area contributed by atoms with Crippen molar-refractivity contribution in [2.45, 2.75) is 282 Å². The van der Waals surface area contributed by atoms with Crippen molar-refractivity contribution >= 4 is 64.3 Å². The average molecular weight is 2030 g/mol. The Labute approximate surface area is 884 Å². The molecule has 0 radical (unpaired) electrons. The minimum Gasteiger partial charge on any atom is -0.490 e. The minimum atomic E-state index is -0.163. The number of anilines is 6. The molecule has 5 aromatic carbocycles. The lowest BCUT2D eigenvalue weighted by atomic mass is 9.95. The zero-order valence-electron chi connectivity index (χ0n) is 91.4. The monoisotopic (exact) mass is 2030 g/mol. The molecular weight excluding hydrogens is 1860 g/mol. The Morgan fingerprint density at radius 1 is 0.369 bits per heavy atom. The van der Waals surface area contributed by atoms with E-state index in [1.54, 1.807) is 31.0 Å². The number of rotatable bonds is 37. The summed E-state index contributed by atoms with van der Waals surface area (Å²) in [6.07, 6.45) is 40.4. The number of hydrogen-bond acceptors (Lipinski definition) is 25. The first kappa shape index (κ1) is 114. The minimum absolute atomic E-state index is 0.0779. The molecule has 5 amide bonds. The first-order valence-electron chi connectivity index (χ1n) is 54.2. The predicted octanol–water partition coefficient (Wildman–Crippen LogP) is 18.9. The second-order valence-electron chi connectivity index (χ2n) is 43.1. The highest BCUT2D eigenvalue weighted by molar-refractivity contribution is 6.01. The summed E-state index contributed by atoms with van der Waals surface area (Å²) < 4.78 is 8.22. The van der Waals surface area contributed by atoms with Gasteiger partial charge in [0.2, 0.25) is 0 Å². The van der Waals surface area contributed by atoms with E-state index < -0.39 is 0 Å². The molecule has 0 atom stereocenters. The summed E-state index contributed by atoms with van der Waals surface area (Å²) in [4.78, 5) is 118. The number of nitrogens with one attached hydrogen (secondary N) is 10. The van der Waals surface area contributed by atoms with E-state index in [4.69, 9.17) is 4.74 Å². The Morgan fingerprint density at radius 2 is 0.725 bits per heavy atom. The molecule has 0 spiro atoms. The van der Waals surface area contributed by atoms with Crippen molar-refractivity contribution in [3.05, 3.63) is 272 Å². The first-order valence-corrected chi connectivity index (χ1v) is 54.2. The second-order valence-corrected chi connectivity index (χ2v) is 43.1. The van der Waals surface area contributed by atoms with Gasteiger partial charge in [-0.25, -0.2) is 54.8 Å². The number of aromatic nitrogens is 12. The quantitative estimate of drug-likeness (QED) is 0.0173. The van der Waals surface area contributed by atoms with E-state index >= 15 is 0 Å². The van der Waals surface area contributed by atoms with E-state index in [0.717, 1.165) is 167 Å². The zero-order valence-corrected chi connectivity index (χ0v) is 91.4. The lowest BCUT2D eigenvalue weighted by Crippen LogP contribution is -2.44. The SMILES string of the molecule is Cc1ccc(CCNC(=O)c2cnc(C)nc2NC2CCCCC2)cc1.Cc1cccc(CCNC(=O)c2cnc(C)nc2NC2CCCCC2)c1.Cc1ncc(C(=O)NCCc2ccc(C)c(CCCn3ccnc3)c2)c(NCC(C)(C)C)n1.Cc1ncc(C(=O)NCCc2ccc(N3CCN([11CH3])CC3)cc2)c(NC2CCCCC2)n1.Cc1ncc(C(=O)NCCc2ccc(OC3CCN([11CH3])CC3)cc2)c(NCC(C)(C)C)n1. The molecule has 5 aliphatic rings. The third-order valence-corrected chi connectivity index (χ3v) is 27.4. The fourth-order valence-electron chi connectivity index (χ4n) is 18.5. The normalized spacial score (nSPS) is 14.9. The van der Waals surface area contributed by atoms with Crippen molar-refractivity contribution in [1.82, 2.24) is 95.8 Å². The number of likely N-dealkylation sites (N-methyl/N-ethyl adjacent to an activating group) is 1. The largest absolute Gasteiger partial charge is 0.490 e. The van der Waals surface area contributed by atoms with Gasteiger partial charge < -0.3 is 77.2 Å². The smallest absolute Gasteiger partial charge is 0.256 e. The van der Waals surface area contributed by atoms with Gasteiger partial charge in [-0.05, 0) is 240 Å². The zero-order chi connectivity index (χ0) is 106. The lowest BCUT2D eigenvalue weighted by molar-refractivity contribution is 0.0945. The van der Waals surface area contributed by atoms with E-state index in [-0.39, 0.29) is 40.4 Å². The topological polar surface area (TPSA) is 371 Å². The van der Waals surface area contributed by atoms with E-state index in [1.807, 2.05) is 71.5 Å². The highest BCUT2D eigenvalue weighted by Gasteiger charge is 2.27. The van der Waals surface area contributed by atoms with Crippen LogP contribution in [0, 0.1) is 66.2 Å². The molecule has 2 aliphatic heterocycles. The first-order chi connectivity index (χ1) is 71.7. The van der Waals surface area contributed by atoms with Crippen LogP contribution in [0.1, 0.15) is 288 Å². The molecule has 6 aromatic heterocycles. The molecule has 5 fully saturated rings. The van der Waals surface area contributed by atoms with Crippen LogP contribution < -0.4 is 62.8 Å². The van der Waals surface area contributed by atoms with Crippen LogP contribution in [0.5, 0.6) is 5.75 Å². The molecule has 10 N–H and O–H groups in total. The molecule has 3 aliphatic carbocycles. The van der Waals surface area contributed by atoms with Gasteiger partial charge in [-0.15, -0.1) is 0 Å². The molecule has 11 aromatic rings. The molecule has 0 bridgehead atoms. The van der Waals surface area contributed by atoms with Crippen molar-refractivity contribution in [2.75, 3.05) is 131 Å². The van der Waals surface area contributed by atoms with Gasteiger partial charge >= 0.3 is 0 Å². The Morgan fingerprint density at radius 3 is 1.11 bits per heavy atom. The van der Waals surface area contributed by atoms with E-state index in [9.17, 15) is 24.0 Å². The molecule has 798 valence electrons. The Balaban J connectivity index is 0.000000166. The lowest BCUT2D eigenvalue weighted by Gasteiger charge is -2.34. The summed E-state index contributed by atoms with van der Waals surface area (Å²) in [5, 5.41) is 32.1. The number of amides is 5. The summed E-state index contributed by atoms with van der Waals surface area (Å²) in [6, 6.07) is 41.5. The standard InChI is InChI=1S/C26H36N6O.C25H36N6O.C25H37N5O2.2C21H28N4O/c1-19-8-9-21(15-22(19)7-6-13-32-14-12-27-18-32)10-11-28-25(33)23-16-29-20(2)31-24(23)30-17-26(3,4)5;1-19-27-18-23(24(28-19)29-21-6-4-3-5-7-21)25(32)26-13-12-20-8-10-22(11-9-20)31-16-14-30(2)15-17-31;1-18-27-16-22(23(29-18)28-17-25(2,3)4)24(31)26-13-10-19-6-8-20(9-7-19)32-21-11-14-30(5)15-12-21;1-15-7-6-8-17(13-15)11-12-22-21(26)19-14-23-16(2)24-20(19)25-18-9-4-3-5-10-18;1-15-8-10-17(11-9-15)12-13-22-21(26)19-14-23-16(2)24-20(19)25-18-6-4-3-5-7-18/h8-9,12,14-16,18H,6-7,10-11,13,17H2,1-5H3,(H,28,33)(H,29,30,31);8-11,18,21H,3-7,12-17H2,1-2H3,(H,26,32)(H,27,28,29);6-9,16,21H,10-15,17H2,1-5H3,(H,26,31)(H,27,28,29);6-8,13-14,18H,3-5,9-12H2,1-2H3,(H,22,26)(H,23,24,25);8-11,14,18H,3-7,12-13H2,1-2H3,(H,22,26)(H,23,24,25)/i;2-1;5-1;;. The van der Waals surface area contributed by atoms with Gasteiger partial charge in [0.1, 0.15) is 97.9 Å². The molecule has 0 unspecified atom stereocenters. The number of piperazine rings is 1. The summed E-state index contributed by atoms with van der Waals surface area (Å²) in [7, 11) is 4.32. The van der Waals surface area contributed by atoms with Crippen LogP contribution in [0.25, 0.3) is 0 Å². The molecular formula is C118H165N25O6. The molecule has 149 heavy (non-hydrogen) atoms. The maximum Gasteiger partial charge on any atom is 0.256 e. The van der Waals surface area contributed by atoms with E-state index in [1.165, 1.54) is 108 Å². The second kappa shape index (κ2) is 58.5. The number of aryl methyl sites for hydroxylation is 10. The number of carbonyl (C=O) groups excluding carboxylic acids is 5. The molecule has 16 rings (SSSR count). The molecule has 3 saturated carbocycles. The average Bonchev–Trinajstić information content (AvgIpc) is 1.09. The van der Waals surface area contributed by atoms with Crippen LogP contribution in [-0.4, -0.2) is 222 Å². The van der Waals surface area contributed by atoms with Crippen molar-refractivity contribution < 1.29 is 28.7 Å². The van der Waals surface area contributed by atoms with Crippen molar-refractivity contribution in [1.29, 1.82) is 0 Å². The van der Waals surface area contributed by atoms with Crippen LogP contribution >= 0.6 is 0 Å². The van der Waals surface area contributed by atoms with Crippen LogP contribution in [0.4, 0.5) is 34.8 Å². The van der Waals surface area contributed by atoms with E-state index in [0.29, 0.717) is 143 Å². The van der Waals surface area contributed by atoms with Gasteiger partial charge in [-0.3, -0.25) is 24.0 Å². The summed E-state index contributed by atoms with van der Waals surface area (Å²) in [6.45, 7) is 40.2. The predicted molar refractivity (Wildman–Crippen MR) is 599 cm³/mol.